The third kappa shape index (κ3) is 3.46. The number of ether oxygens (including phenoxy) is 3. The van der Waals surface area contributed by atoms with Crippen molar-refractivity contribution in [1.82, 2.24) is 4.90 Å². The Morgan fingerprint density at radius 3 is 2.34 bits per heavy atom. The fourth-order valence-electron chi connectivity index (χ4n) is 3.38. The number of fused-ring (bicyclic) bond motifs is 1. The maximum atomic E-state index is 13.0. The number of hydrogen-bond acceptors (Lipinski definition) is 8. The van der Waals surface area contributed by atoms with Gasteiger partial charge >= 0.3 is 11.9 Å². The quantitative estimate of drug-likeness (QED) is 0.722. The average molecular weight is 418 g/mol. The molecule has 154 valence electrons. The summed E-state index contributed by atoms with van der Waals surface area (Å²) in [6.07, 6.45) is 0. The number of amides is 1. The van der Waals surface area contributed by atoms with Crippen LogP contribution in [0.2, 0.25) is 0 Å². The summed E-state index contributed by atoms with van der Waals surface area (Å²) in [5.41, 5.74) is 7.11. The van der Waals surface area contributed by atoms with E-state index in [1.165, 1.54) is 23.8 Å². The number of nitrogens with zero attached hydrogens (tertiary/aromatic N) is 1. The molecule has 2 atom stereocenters. The summed E-state index contributed by atoms with van der Waals surface area (Å²) in [7, 11) is 2.76. The van der Waals surface area contributed by atoms with Crippen molar-refractivity contribution in [3.8, 4) is 5.75 Å². The summed E-state index contributed by atoms with van der Waals surface area (Å²) < 4.78 is 15.4. The number of thioether (sulfide) groups is 1. The van der Waals surface area contributed by atoms with Crippen LogP contribution in [0.1, 0.15) is 25.3 Å². The number of carbonyl (C=O) groups is 3. The third-order valence-electron chi connectivity index (χ3n) is 4.73. The summed E-state index contributed by atoms with van der Waals surface area (Å²) in [4.78, 5) is 39.5. The normalized spacial score (nSPS) is 21.2. The fraction of sp³-hybridized carbons (Fsp3) is 0.350. The molecular formula is C20H22N2O6S. The van der Waals surface area contributed by atoms with Crippen LogP contribution in [-0.2, 0) is 23.9 Å². The van der Waals surface area contributed by atoms with E-state index in [9.17, 15) is 14.4 Å². The Kier molecular flexibility index (Phi) is 5.88. The molecule has 1 saturated heterocycles. The van der Waals surface area contributed by atoms with Crippen LogP contribution < -0.4 is 10.5 Å². The molecule has 1 amide bonds. The smallest absolute Gasteiger partial charge is 0.338 e. The van der Waals surface area contributed by atoms with Crippen molar-refractivity contribution in [2.24, 2.45) is 5.73 Å². The summed E-state index contributed by atoms with van der Waals surface area (Å²) >= 11 is 1.22. The molecule has 0 aliphatic carbocycles. The Bertz CT molecular complexity index is 921. The average Bonchev–Trinajstić information content (AvgIpc) is 3.02. The molecule has 2 heterocycles. The third-order valence-corrected chi connectivity index (χ3v) is 5.91. The summed E-state index contributed by atoms with van der Waals surface area (Å²) in [6.45, 7) is 3.55. The van der Waals surface area contributed by atoms with Crippen molar-refractivity contribution in [2.75, 3.05) is 20.8 Å². The molecule has 0 aromatic heterocycles. The van der Waals surface area contributed by atoms with E-state index < -0.39 is 23.1 Å². The predicted octanol–water partition coefficient (Wildman–Crippen LogP) is 1.87. The van der Waals surface area contributed by atoms with E-state index in [0.717, 1.165) is 0 Å². The molecular weight excluding hydrogens is 396 g/mol. The molecule has 0 spiro atoms. The first-order valence-electron chi connectivity index (χ1n) is 8.99. The van der Waals surface area contributed by atoms with Crippen LogP contribution in [0.15, 0.2) is 46.3 Å². The van der Waals surface area contributed by atoms with E-state index in [2.05, 4.69) is 0 Å². The number of hydrogen-bond donors (Lipinski definition) is 1. The van der Waals surface area contributed by atoms with Crippen LogP contribution in [0, 0.1) is 0 Å². The summed E-state index contributed by atoms with van der Waals surface area (Å²) in [5.74, 6) is -1.91. The molecule has 0 bridgehead atoms. The number of methoxy groups -OCH3 is 2. The van der Waals surface area contributed by atoms with Gasteiger partial charge in [-0.25, -0.2) is 9.59 Å². The monoisotopic (exact) mass is 418 g/mol. The Morgan fingerprint density at radius 2 is 1.79 bits per heavy atom. The second kappa shape index (κ2) is 8.20. The molecule has 1 aromatic carbocycles. The maximum absolute atomic E-state index is 13.0. The van der Waals surface area contributed by atoms with Crippen LogP contribution in [0.5, 0.6) is 5.75 Å². The van der Waals surface area contributed by atoms with Gasteiger partial charge in [0.25, 0.3) is 0 Å². The van der Waals surface area contributed by atoms with Gasteiger partial charge in [0, 0.05) is 0 Å². The highest BCUT2D eigenvalue weighted by Crippen LogP contribution is 2.49. The van der Waals surface area contributed by atoms with Crippen molar-refractivity contribution < 1.29 is 28.6 Å². The topological polar surface area (TPSA) is 108 Å². The van der Waals surface area contributed by atoms with Gasteiger partial charge in [0.2, 0.25) is 5.91 Å². The molecule has 3 rings (SSSR count). The molecule has 29 heavy (non-hydrogen) atoms. The lowest BCUT2D eigenvalue weighted by Gasteiger charge is -2.33. The van der Waals surface area contributed by atoms with Gasteiger partial charge < -0.3 is 19.9 Å². The molecule has 1 fully saturated rings. The zero-order valence-corrected chi connectivity index (χ0v) is 17.4. The number of esters is 2. The van der Waals surface area contributed by atoms with E-state index in [-0.39, 0.29) is 29.5 Å². The standard InChI is InChI=1S/C20H22N2O6S/c1-5-28-20(25)15-13(11-6-8-12(26-3)9-7-11)14(19(24)27-4)16(21)22-17(23)10(2)29-18(15)22/h6-10,13H,5,21H2,1-4H3/t10-,13+/m1/s1. The minimum absolute atomic E-state index is 0.0209. The molecule has 9 heteroatoms. The van der Waals surface area contributed by atoms with Crippen LogP contribution >= 0.6 is 11.8 Å². The van der Waals surface area contributed by atoms with Gasteiger partial charge in [0.05, 0.1) is 48.2 Å². The first-order valence-corrected chi connectivity index (χ1v) is 9.87. The van der Waals surface area contributed by atoms with E-state index in [4.69, 9.17) is 19.9 Å². The lowest BCUT2D eigenvalue weighted by Crippen LogP contribution is -2.40. The highest BCUT2D eigenvalue weighted by atomic mass is 32.2. The van der Waals surface area contributed by atoms with Crippen molar-refractivity contribution in [1.29, 1.82) is 0 Å². The Labute approximate surface area is 172 Å². The van der Waals surface area contributed by atoms with Gasteiger partial charge in [-0.3, -0.25) is 9.69 Å². The zero-order valence-electron chi connectivity index (χ0n) is 16.6. The molecule has 0 radical (unpaired) electrons. The first-order chi connectivity index (χ1) is 13.8. The number of benzene rings is 1. The fourth-order valence-corrected chi connectivity index (χ4v) is 4.54. The van der Waals surface area contributed by atoms with Gasteiger partial charge in [-0.1, -0.05) is 23.9 Å². The molecule has 0 unspecified atom stereocenters. The Hall–Kier alpha value is -2.94. The van der Waals surface area contributed by atoms with Gasteiger partial charge in [0.15, 0.2) is 0 Å². The van der Waals surface area contributed by atoms with Crippen LogP contribution in [0.25, 0.3) is 0 Å². The van der Waals surface area contributed by atoms with Crippen molar-refractivity contribution in [3.63, 3.8) is 0 Å². The van der Waals surface area contributed by atoms with Crippen LogP contribution in [0.3, 0.4) is 0 Å². The minimum atomic E-state index is -0.843. The predicted molar refractivity (Wildman–Crippen MR) is 107 cm³/mol. The molecule has 8 nitrogen and oxygen atoms in total. The summed E-state index contributed by atoms with van der Waals surface area (Å²) in [5, 5.41) is -0.0755. The lowest BCUT2D eigenvalue weighted by molar-refractivity contribution is -0.139. The molecule has 2 N–H and O–H groups in total. The van der Waals surface area contributed by atoms with Gasteiger partial charge in [-0.15, -0.1) is 0 Å². The lowest BCUT2D eigenvalue weighted by atomic mass is 9.82. The Morgan fingerprint density at radius 1 is 1.14 bits per heavy atom. The minimum Gasteiger partial charge on any atom is -0.497 e. The molecule has 2 aliphatic heterocycles. The van der Waals surface area contributed by atoms with E-state index in [1.807, 2.05) is 0 Å². The number of carbonyl (C=O) groups excluding carboxylic acids is 3. The van der Waals surface area contributed by atoms with E-state index in [0.29, 0.717) is 16.3 Å². The molecule has 0 saturated carbocycles. The van der Waals surface area contributed by atoms with Crippen molar-refractivity contribution in [3.05, 3.63) is 51.8 Å². The van der Waals surface area contributed by atoms with Crippen molar-refractivity contribution in [2.45, 2.75) is 25.0 Å². The van der Waals surface area contributed by atoms with Crippen LogP contribution in [0.4, 0.5) is 0 Å². The van der Waals surface area contributed by atoms with Crippen LogP contribution in [-0.4, -0.2) is 48.8 Å². The van der Waals surface area contributed by atoms with Gasteiger partial charge in [-0.2, -0.15) is 0 Å². The van der Waals surface area contributed by atoms with Gasteiger partial charge in [0.1, 0.15) is 11.6 Å². The molecule has 2 aliphatic rings. The zero-order chi connectivity index (χ0) is 21.3. The summed E-state index contributed by atoms with van der Waals surface area (Å²) in [6, 6.07) is 6.91. The van der Waals surface area contributed by atoms with E-state index >= 15 is 0 Å². The second-order valence-electron chi connectivity index (χ2n) is 6.37. The van der Waals surface area contributed by atoms with Crippen molar-refractivity contribution >= 4 is 29.6 Å². The largest absolute Gasteiger partial charge is 0.497 e. The van der Waals surface area contributed by atoms with E-state index in [1.54, 1.807) is 45.2 Å². The van der Waals surface area contributed by atoms with Gasteiger partial charge in [-0.05, 0) is 31.5 Å². The highest BCUT2D eigenvalue weighted by molar-refractivity contribution is 8.04. The maximum Gasteiger partial charge on any atom is 0.338 e. The number of rotatable bonds is 5. The highest BCUT2D eigenvalue weighted by Gasteiger charge is 2.48. The second-order valence-corrected chi connectivity index (χ2v) is 7.70. The SMILES string of the molecule is CCOC(=O)C1=C2S[C@H](C)C(=O)N2C(N)=C(C(=O)OC)[C@@H]1c1ccc(OC)cc1. The molecule has 1 aromatic rings. The first kappa shape index (κ1) is 20.8. The number of nitrogens with two attached hydrogens (primary N) is 1. The Balaban J connectivity index is 2.28.